The molecule has 7 nitrogen and oxygen atoms in total. The monoisotopic (exact) mass is 313 g/mol. The molecule has 4 N–H and O–H groups in total. The van der Waals surface area contributed by atoms with Gasteiger partial charge in [-0.3, -0.25) is 0 Å². The van der Waals surface area contributed by atoms with Crippen LogP contribution in [0.5, 0.6) is 0 Å². The third kappa shape index (κ3) is 4.53. The minimum Gasteiger partial charge on any atom is -0.383 e. The van der Waals surface area contributed by atoms with Crippen LogP contribution in [0.2, 0.25) is 0 Å². The number of hydrogen-bond acceptors (Lipinski definition) is 6. The van der Waals surface area contributed by atoms with Crippen LogP contribution in [0.3, 0.4) is 0 Å². The van der Waals surface area contributed by atoms with Gasteiger partial charge in [-0.25, -0.2) is 23.1 Å². The quantitative estimate of drug-likeness (QED) is 0.722. The average molecular weight is 313 g/mol. The van der Waals surface area contributed by atoms with Gasteiger partial charge in [-0.15, -0.1) is 0 Å². The summed E-state index contributed by atoms with van der Waals surface area (Å²) in [7, 11) is -3.26. The highest BCUT2D eigenvalue weighted by molar-refractivity contribution is 7.88. The Labute approximate surface area is 125 Å². The molecule has 0 atom stereocenters. The number of aromatic nitrogens is 2. The first-order valence-corrected chi connectivity index (χ1v) is 8.83. The summed E-state index contributed by atoms with van der Waals surface area (Å²) < 4.78 is 25.3. The largest absolute Gasteiger partial charge is 0.383 e. The van der Waals surface area contributed by atoms with Crippen LogP contribution in [-0.4, -0.2) is 36.7 Å². The minimum atomic E-state index is -3.26. The molecular weight excluding hydrogens is 290 g/mol. The van der Waals surface area contributed by atoms with Gasteiger partial charge < -0.3 is 11.1 Å². The van der Waals surface area contributed by atoms with E-state index < -0.39 is 15.6 Å². The molecule has 1 aromatic rings. The van der Waals surface area contributed by atoms with E-state index in [0.717, 1.165) is 30.5 Å². The van der Waals surface area contributed by atoms with Gasteiger partial charge in [-0.2, -0.15) is 0 Å². The first-order valence-electron chi connectivity index (χ1n) is 6.94. The van der Waals surface area contributed by atoms with Crippen molar-refractivity contribution in [2.24, 2.45) is 0 Å². The summed E-state index contributed by atoms with van der Waals surface area (Å²) in [6, 6.07) is 0. The van der Waals surface area contributed by atoms with Gasteiger partial charge in [0.2, 0.25) is 10.0 Å². The van der Waals surface area contributed by atoms with E-state index >= 15 is 0 Å². The summed E-state index contributed by atoms with van der Waals surface area (Å²) in [6.07, 6.45) is 3.35. The lowest BCUT2D eigenvalue weighted by atomic mass is 10.1. The number of nitrogens with two attached hydrogens (primary N) is 1. The van der Waals surface area contributed by atoms with Crippen molar-refractivity contribution in [1.29, 1.82) is 0 Å². The topological polar surface area (TPSA) is 110 Å². The molecule has 0 aromatic carbocycles. The minimum absolute atomic E-state index is 0.404. The molecule has 0 unspecified atom stereocenters. The van der Waals surface area contributed by atoms with Crippen LogP contribution < -0.4 is 15.8 Å². The summed E-state index contributed by atoms with van der Waals surface area (Å²) >= 11 is 0. The molecule has 0 aliphatic heterocycles. The van der Waals surface area contributed by atoms with Gasteiger partial charge in [0.05, 0.1) is 6.26 Å². The fourth-order valence-corrected chi connectivity index (χ4v) is 3.17. The van der Waals surface area contributed by atoms with Crippen molar-refractivity contribution < 1.29 is 8.42 Å². The number of hydrogen-bond donors (Lipinski definition) is 3. The Hall–Kier alpha value is -1.41. The summed E-state index contributed by atoms with van der Waals surface area (Å²) in [4.78, 5) is 8.83. The van der Waals surface area contributed by atoms with Crippen LogP contribution in [0.25, 0.3) is 0 Å². The number of nitrogens with zero attached hydrogens (tertiary/aromatic N) is 2. The van der Waals surface area contributed by atoms with Gasteiger partial charge in [-0.1, -0.05) is 0 Å². The Kier molecular flexibility index (Phi) is 4.12. The molecule has 1 saturated carbocycles. The van der Waals surface area contributed by atoms with E-state index in [9.17, 15) is 8.42 Å². The molecule has 21 heavy (non-hydrogen) atoms. The predicted octanol–water partition coefficient (Wildman–Crippen LogP) is 0.984. The molecule has 0 spiro atoms. The molecule has 2 rings (SSSR count). The van der Waals surface area contributed by atoms with E-state index in [0.29, 0.717) is 24.1 Å². The predicted molar refractivity (Wildman–Crippen MR) is 83.7 cm³/mol. The summed E-state index contributed by atoms with van der Waals surface area (Å²) in [5.41, 5.74) is 6.09. The number of anilines is 2. The normalized spacial score (nSPS) is 16.0. The Balaban J connectivity index is 2.12. The maximum atomic E-state index is 11.3. The second-order valence-corrected chi connectivity index (χ2v) is 8.08. The molecule has 8 heteroatoms. The lowest BCUT2D eigenvalue weighted by molar-refractivity contribution is 0.475. The van der Waals surface area contributed by atoms with Gasteiger partial charge in [0, 0.05) is 23.6 Å². The van der Waals surface area contributed by atoms with Crippen LogP contribution >= 0.6 is 0 Å². The highest BCUT2D eigenvalue weighted by atomic mass is 32.2. The highest BCUT2D eigenvalue weighted by Crippen LogP contribution is 2.39. The molecule has 0 radical (unpaired) electrons. The average Bonchev–Trinajstić information content (AvgIpc) is 3.11. The fraction of sp³-hybridized carbons (Fsp3) is 0.692. The van der Waals surface area contributed by atoms with Crippen LogP contribution in [0, 0.1) is 6.92 Å². The van der Waals surface area contributed by atoms with Crippen molar-refractivity contribution >= 4 is 21.7 Å². The van der Waals surface area contributed by atoms with E-state index in [2.05, 4.69) is 20.0 Å². The van der Waals surface area contributed by atoms with Crippen LogP contribution in [0.4, 0.5) is 11.6 Å². The number of sulfonamides is 1. The third-order valence-electron chi connectivity index (χ3n) is 3.30. The maximum absolute atomic E-state index is 11.3. The van der Waals surface area contributed by atoms with Crippen molar-refractivity contribution in [2.45, 2.75) is 45.1 Å². The molecule has 0 bridgehead atoms. The molecule has 1 heterocycles. The second-order valence-electron chi connectivity index (χ2n) is 6.33. The summed E-state index contributed by atoms with van der Waals surface area (Å²) in [5, 5.41) is 3.18. The number of nitrogen functional groups attached to an aromatic ring is 1. The molecule has 118 valence electrons. The van der Waals surface area contributed by atoms with E-state index in [-0.39, 0.29) is 0 Å². The molecule has 1 fully saturated rings. The number of nitrogens with one attached hydrogen (secondary N) is 2. The van der Waals surface area contributed by atoms with Gasteiger partial charge in [0.25, 0.3) is 0 Å². The van der Waals surface area contributed by atoms with E-state index in [1.807, 2.05) is 20.8 Å². The first kappa shape index (κ1) is 16.0. The highest BCUT2D eigenvalue weighted by Gasteiger charge is 2.28. The van der Waals surface area contributed by atoms with Crippen LogP contribution in [-0.2, 0) is 10.0 Å². The van der Waals surface area contributed by atoms with Gasteiger partial charge in [-0.05, 0) is 33.6 Å². The molecule has 0 saturated heterocycles. The Morgan fingerprint density at radius 3 is 2.48 bits per heavy atom. The van der Waals surface area contributed by atoms with Crippen molar-refractivity contribution in [3.05, 3.63) is 11.4 Å². The Morgan fingerprint density at radius 1 is 1.33 bits per heavy atom. The summed E-state index contributed by atoms with van der Waals surface area (Å²) in [5.74, 6) is 2.33. The van der Waals surface area contributed by atoms with Crippen LogP contribution in [0.15, 0.2) is 0 Å². The SMILES string of the molecule is Cc1c(N)nc(C2CC2)nc1NCC(C)(C)NS(C)(=O)=O. The van der Waals surface area contributed by atoms with Crippen molar-refractivity contribution in [3.63, 3.8) is 0 Å². The van der Waals surface area contributed by atoms with Gasteiger partial charge in [0.15, 0.2) is 0 Å². The van der Waals surface area contributed by atoms with Crippen LogP contribution in [0.1, 0.15) is 44.0 Å². The fourth-order valence-electron chi connectivity index (χ4n) is 2.09. The number of rotatable bonds is 6. The molecule has 1 aromatic heterocycles. The summed E-state index contributed by atoms with van der Waals surface area (Å²) in [6.45, 7) is 5.87. The third-order valence-corrected chi connectivity index (χ3v) is 4.23. The van der Waals surface area contributed by atoms with Gasteiger partial charge in [0.1, 0.15) is 17.5 Å². The van der Waals surface area contributed by atoms with E-state index in [1.54, 1.807) is 0 Å². The lowest BCUT2D eigenvalue weighted by Gasteiger charge is -2.26. The Bertz CT molecular complexity index is 638. The maximum Gasteiger partial charge on any atom is 0.209 e. The smallest absolute Gasteiger partial charge is 0.209 e. The first-order chi connectivity index (χ1) is 9.57. The standard InChI is InChI=1S/C13H23N5O2S/c1-8-10(14)16-12(9-5-6-9)17-11(8)15-7-13(2,3)18-21(4,19)20/h9,18H,5-7H2,1-4H3,(H3,14,15,16,17). The zero-order chi connectivity index (χ0) is 15.8. The van der Waals surface area contributed by atoms with E-state index in [4.69, 9.17) is 5.73 Å². The zero-order valence-corrected chi connectivity index (χ0v) is 13.7. The molecule has 1 aliphatic carbocycles. The van der Waals surface area contributed by atoms with Gasteiger partial charge >= 0.3 is 0 Å². The van der Waals surface area contributed by atoms with Crippen molar-refractivity contribution in [2.75, 3.05) is 23.9 Å². The zero-order valence-electron chi connectivity index (χ0n) is 12.9. The van der Waals surface area contributed by atoms with E-state index in [1.165, 1.54) is 0 Å². The van der Waals surface area contributed by atoms with Crippen molar-refractivity contribution in [1.82, 2.24) is 14.7 Å². The molecule has 0 amide bonds. The van der Waals surface area contributed by atoms with Crippen molar-refractivity contribution in [3.8, 4) is 0 Å². The second kappa shape index (κ2) is 5.42. The lowest BCUT2D eigenvalue weighted by Crippen LogP contribution is -2.48. The molecular formula is C13H23N5O2S. The Morgan fingerprint density at radius 2 is 1.95 bits per heavy atom. The molecule has 1 aliphatic rings.